The molecular weight excluding hydrogens is 216 g/mol. The van der Waals surface area contributed by atoms with Crippen LogP contribution in [0.1, 0.15) is 11.3 Å². The van der Waals surface area contributed by atoms with Gasteiger partial charge in [0.1, 0.15) is 4.70 Å². The molecule has 2 aromatic rings. The summed E-state index contributed by atoms with van der Waals surface area (Å²) in [6, 6.07) is 0. The summed E-state index contributed by atoms with van der Waals surface area (Å²) in [6.07, 6.45) is 0. The summed E-state index contributed by atoms with van der Waals surface area (Å²) >= 11 is 1.23. The zero-order chi connectivity index (χ0) is 11.2. The summed E-state index contributed by atoms with van der Waals surface area (Å²) in [5.74, 6) is 0. The molecule has 0 radical (unpaired) electrons. The lowest BCUT2D eigenvalue weighted by molar-refractivity contribution is -0.386. The maximum absolute atomic E-state index is 11.8. The molecule has 1 N–H and O–H groups in total. The molecule has 2 rings (SSSR count). The largest absolute Gasteiger partial charge is 0.352 e. The van der Waals surface area contributed by atoms with Gasteiger partial charge in [-0.05, 0) is 24.8 Å². The zero-order valence-corrected chi connectivity index (χ0v) is 8.97. The Balaban J connectivity index is 2.98. The summed E-state index contributed by atoms with van der Waals surface area (Å²) in [6.45, 7) is 3.40. The monoisotopic (exact) mass is 224 g/mol. The Bertz CT molecular complexity index is 612. The third-order valence-electron chi connectivity index (χ3n) is 2.25. The second kappa shape index (κ2) is 3.16. The predicted octanol–water partition coefficient (Wildman–Crippen LogP) is 2.11. The number of hydrogen-bond acceptors (Lipinski definition) is 4. The number of aromatic amines is 1. The van der Waals surface area contributed by atoms with Gasteiger partial charge in [-0.2, -0.15) is 0 Å². The normalized spacial score (nSPS) is 10.8. The number of H-pyrrole nitrogens is 1. The van der Waals surface area contributed by atoms with Crippen LogP contribution in [0.25, 0.3) is 10.2 Å². The average Bonchev–Trinajstić information content (AvgIpc) is 2.47. The summed E-state index contributed by atoms with van der Waals surface area (Å²) in [5, 5.41) is 12.5. The Morgan fingerprint density at radius 2 is 2.13 bits per heavy atom. The number of aryl methyl sites for hydroxylation is 2. The quantitative estimate of drug-likeness (QED) is 0.595. The van der Waals surface area contributed by atoms with Gasteiger partial charge in [-0.15, -0.1) is 11.3 Å². The van der Waals surface area contributed by atoms with E-state index in [-0.39, 0.29) is 5.69 Å². The second-order valence-electron chi connectivity index (χ2n) is 3.31. The minimum absolute atomic E-state index is 0.305. The molecule has 0 aliphatic carbocycles. The van der Waals surface area contributed by atoms with Gasteiger partial charge < -0.3 is 4.98 Å². The number of pyridine rings is 1. The Morgan fingerprint density at radius 1 is 1.47 bits per heavy atom. The SMILES string of the molecule is Cc1[nH]c2c(C)csc2c(=O)c1[N+](=O)[O-]. The number of thiophene rings is 1. The van der Waals surface area contributed by atoms with Crippen molar-refractivity contribution in [3.63, 3.8) is 0 Å². The first-order chi connectivity index (χ1) is 7.02. The molecule has 0 saturated carbocycles. The molecule has 6 heteroatoms. The van der Waals surface area contributed by atoms with Gasteiger partial charge in [0.05, 0.1) is 16.1 Å². The molecule has 0 atom stereocenters. The van der Waals surface area contributed by atoms with Crippen molar-refractivity contribution in [3.8, 4) is 0 Å². The summed E-state index contributed by atoms with van der Waals surface area (Å²) < 4.78 is 0.421. The first-order valence-corrected chi connectivity index (χ1v) is 5.15. The van der Waals surface area contributed by atoms with E-state index in [2.05, 4.69) is 4.98 Å². The maximum Gasteiger partial charge on any atom is 0.336 e. The molecule has 0 fully saturated rings. The van der Waals surface area contributed by atoms with Crippen LogP contribution in [0.15, 0.2) is 10.2 Å². The van der Waals surface area contributed by atoms with Crippen molar-refractivity contribution in [2.45, 2.75) is 13.8 Å². The minimum Gasteiger partial charge on any atom is -0.352 e. The van der Waals surface area contributed by atoms with Crippen LogP contribution in [0, 0.1) is 24.0 Å². The number of rotatable bonds is 1. The first-order valence-electron chi connectivity index (χ1n) is 4.27. The van der Waals surface area contributed by atoms with Crippen LogP contribution in [0.5, 0.6) is 0 Å². The summed E-state index contributed by atoms with van der Waals surface area (Å²) in [7, 11) is 0. The van der Waals surface area contributed by atoms with Crippen LogP contribution in [0.2, 0.25) is 0 Å². The number of hydrogen-bond donors (Lipinski definition) is 1. The molecule has 5 nitrogen and oxygen atoms in total. The lowest BCUT2D eigenvalue weighted by Gasteiger charge is -1.98. The van der Waals surface area contributed by atoms with E-state index in [9.17, 15) is 14.9 Å². The van der Waals surface area contributed by atoms with E-state index in [1.165, 1.54) is 18.3 Å². The number of nitrogens with one attached hydrogen (secondary N) is 1. The van der Waals surface area contributed by atoms with Crippen molar-refractivity contribution in [2.75, 3.05) is 0 Å². The Hall–Kier alpha value is -1.69. The smallest absolute Gasteiger partial charge is 0.336 e. The maximum atomic E-state index is 11.8. The lowest BCUT2D eigenvalue weighted by atomic mass is 10.2. The van der Waals surface area contributed by atoms with E-state index in [0.29, 0.717) is 15.9 Å². The van der Waals surface area contributed by atoms with Gasteiger partial charge in [0, 0.05) is 0 Å². The molecule has 2 heterocycles. The molecule has 0 aliphatic heterocycles. The highest BCUT2D eigenvalue weighted by Crippen LogP contribution is 2.24. The number of aromatic nitrogens is 1. The van der Waals surface area contributed by atoms with Crippen LogP contribution in [0.4, 0.5) is 5.69 Å². The minimum atomic E-state index is -0.636. The highest BCUT2D eigenvalue weighted by atomic mass is 32.1. The predicted molar refractivity (Wildman–Crippen MR) is 58.6 cm³/mol. The molecule has 78 valence electrons. The zero-order valence-electron chi connectivity index (χ0n) is 8.16. The van der Waals surface area contributed by atoms with Gasteiger partial charge >= 0.3 is 5.69 Å². The first kappa shape index (κ1) is 9.85. The van der Waals surface area contributed by atoms with E-state index in [1.807, 2.05) is 12.3 Å². The molecule has 0 amide bonds. The topological polar surface area (TPSA) is 76.0 Å². The molecule has 0 bridgehead atoms. The van der Waals surface area contributed by atoms with E-state index in [1.54, 1.807) is 0 Å². The molecule has 0 aromatic carbocycles. The molecular formula is C9H8N2O3S. The number of nitrogens with zero attached hydrogens (tertiary/aromatic N) is 1. The van der Waals surface area contributed by atoms with Crippen LogP contribution in [-0.2, 0) is 0 Å². The van der Waals surface area contributed by atoms with E-state index >= 15 is 0 Å². The van der Waals surface area contributed by atoms with Gasteiger partial charge in [-0.25, -0.2) is 0 Å². The lowest BCUT2D eigenvalue weighted by Crippen LogP contribution is -2.10. The molecule has 0 unspecified atom stereocenters. The van der Waals surface area contributed by atoms with Gasteiger partial charge in [0.25, 0.3) is 5.43 Å². The second-order valence-corrected chi connectivity index (χ2v) is 4.19. The van der Waals surface area contributed by atoms with Crippen molar-refractivity contribution in [1.82, 2.24) is 4.98 Å². The Kier molecular flexibility index (Phi) is 2.08. The Labute approximate surface area is 88.5 Å². The molecule has 15 heavy (non-hydrogen) atoms. The molecule has 0 saturated heterocycles. The van der Waals surface area contributed by atoms with Crippen molar-refractivity contribution >= 4 is 27.2 Å². The Morgan fingerprint density at radius 3 is 2.73 bits per heavy atom. The fraction of sp³-hybridized carbons (Fsp3) is 0.222. The highest BCUT2D eigenvalue weighted by molar-refractivity contribution is 7.17. The van der Waals surface area contributed by atoms with Crippen molar-refractivity contribution in [1.29, 1.82) is 0 Å². The van der Waals surface area contributed by atoms with Gasteiger partial charge in [-0.1, -0.05) is 0 Å². The van der Waals surface area contributed by atoms with Crippen LogP contribution >= 0.6 is 11.3 Å². The summed E-state index contributed by atoms with van der Waals surface area (Å²) in [5.41, 5.74) is 1.09. The average molecular weight is 224 g/mol. The van der Waals surface area contributed by atoms with Crippen molar-refractivity contribution < 1.29 is 4.92 Å². The summed E-state index contributed by atoms with van der Waals surface area (Å²) in [4.78, 5) is 24.7. The van der Waals surface area contributed by atoms with E-state index in [0.717, 1.165) is 5.56 Å². The van der Waals surface area contributed by atoms with Crippen molar-refractivity contribution in [3.05, 3.63) is 37.0 Å². The number of fused-ring (bicyclic) bond motifs is 1. The van der Waals surface area contributed by atoms with Crippen LogP contribution < -0.4 is 5.43 Å². The molecule has 2 aromatic heterocycles. The molecule has 0 aliphatic rings. The third-order valence-corrected chi connectivity index (χ3v) is 3.34. The fourth-order valence-electron chi connectivity index (χ4n) is 1.51. The van der Waals surface area contributed by atoms with Gasteiger partial charge in [0.2, 0.25) is 0 Å². The standard InChI is InChI=1S/C9H8N2O3S/c1-4-3-15-9-6(4)10-5(2)7(8(9)12)11(13)14/h3H,1-2H3,(H,10,12). The fourth-order valence-corrected chi connectivity index (χ4v) is 2.46. The van der Waals surface area contributed by atoms with Gasteiger partial charge in [0.15, 0.2) is 0 Å². The van der Waals surface area contributed by atoms with Crippen LogP contribution in [-0.4, -0.2) is 9.91 Å². The number of nitro groups is 1. The third kappa shape index (κ3) is 1.33. The van der Waals surface area contributed by atoms with Gasteiger partial charge in [-0.3, -0.25) is 14.9 Å². The highest BCUT2D eigenvalue weighted by Gasteiger charge is 2.20. The molecule has 0 spiro atoms. The van der Waals surface area contributed by atoms with Crippen molar-refractivity contribution in [2.24, 2.45) is 0 Å². The van der Waals surface area contributed by atoms with E-state index in [4.69, 9.17) is 0 Å². The van der Waals surface area contributed by atoms with E-state index < -0.39 is 10.4 Å². The van der Waals surface area contributed by atoms with Crippen LogP contribution in [0.3, 0.4) is 0 Å².